The zero-order valence-electron chi connectivity index (χ0n) is 10.9. The normalized spacial score (nSPS) is 12.0. The van der Waals surface area contributed by atoms with E-state index >= 15 is 0 Å². The van der Waals surface area contributed by atoms with E-state index in [-0.39, 0.29) is 19.1 Å². The number of carbonyl (C=O) groups excluding carboxylic acids is 1. The first-order chi connectivity index (χ1) is 8.58. The van der Waals surface area contributed by atoms with Crippen molar-refractivity contribution in [1.82, 2.24) is 9.88 Å². The SMILES string of the molecule is CNc1ccnc(C(=O)N(C)CC(O)COC)c1. The molecule has 1 unspecified atom stereocenters. The van der Waals surface area contributed by atoms with Gasteiger partial charge < -0.3 is 20.1 Å². The van der Waals surface area contributed by atoms with Gasteiger partial charge in [-0.3, -0.25) is 9.78 Å². The lowest BCUT2D eigenvalue weighted by atomic mass is 10.2. The number of anilines is 1. The molecule has 0 fully saturated rings. The number of aliphatic hydroxyl groups excluding tert-OH is 1. The van der Waals surface area contributed by atoms with Crippen LogP contribution in [0.25, 0.3) is 0 Å². The highest BCUT2D eigenvalue weighted by atomic mass is 16.5. The van der Waals surface area contributed by atoms with Crippen LogP contribution in [0.2, 0.25) is 0 Å². The van der Waals surface area contributed by atoms with Gasteiger partial charge in [0.05, 0.1) is 12.7 Å². The van der Waals surface area contributed by atoms with Crippen LogP contribution in [0.4, 0.5) is 5.69 Å². The summed E-state index contributed by atoms with van der Waals surface area (Å²) in [7, 11) is 4.90. The number of nitrogens with zero attached hydrogens (tertiary/aromatic N) is 2. The van der Waals surface area contributed by atoms with Crippen molar-refractivity contribution < 1.29 is 14.6 Å². The Morgan fingerprint density at radius 2 is 2.39 bits per heavy atom. The summed E-state index contributed by atoms with van der Waals surface area (Å²) in [4.78, 5) is 17.5. The minimum atomic E-state index is -0.698. The molecule has 0 radical (unpaired) electrons. The first-order valence-corrected chi connectivity index (χ1v) is 5.64. The maximum absolute atomic E-state index is 12.0. The second-order valence-corrected chi connectivity index (χ2v) is 3.97. The van der Waals surface area contributed by atoms with Gasteiger partial charge in [-0.1, -0.05) is 0 Å². The first-order valence-electron chi connectivity index (χ1n) is 5.64. The maximum Gasteiger partial charge on any atom is 0.272 e. The molecule has 1 aromatic heterocycles. The van der Waals surface area contributed by atoms with Crippen molar-refractivity contribution in [2.45, 2.75) is 6.10 Å². The number of methoxy groups -OCH3 is 1. The van der Waals surface area contributed by atoms with Gasteiger partial charge in [0.2, 0.25) is 0 Å². The maximum atomic E-state index is 12.0. The zero-order chi connectivity index (χ0) is 13.5. The minimum Gasteiger partial charge on any atom is -0.389 e. The molecular weight excluding hydrogens is 234 g/mol. The van der Waals surface area contributed by atoms with Crippen molar-refractivity contribution in [3.63, 3.8) is 0 Å². The molecule has 2 N–H and O–H groups in total. The molecule has 6 heteroatoms. The fourth-order valence-electron chi connectivity index (χ4n) is 1.54. The van der Waals surface area contributed by atoms with E-state index in [0.29, 0.717) is 5.69 Å². The Morgan fingerprint density at radius 3 is 3.00 bits per heavy atom. The first kappa shape index (κ1) is 14.4. The third kappa shape index (κ3) is 3.97. The molecule has 1 heterocycles. The van der Waals surface area contributed by atoms with E-state index in [0.717, 1.165) is 5.69 Å². The predicted octanol–water partition coefficient (Wildman–Crippen LogP) is 0.203. The Labute approximate surface area is 107 Å². The van der Waals surface area contributed by atoms with Gasteiger partial charge in [0.25, 0.3) is 5.91 Å². The lowest BCUT2D eigenvalue weighted by molar-refractivity contribution is 0.0378. The van der Waals surface area contributed by atoms with Crippen LogP contribution in [0, 0.1) is 0 Å². The summed E-state index contributed by atoms with van der Waals surface area (Å²) >= 11 is 0. The number of hydrogen-bond donors (Lipinski definition) is 2. The number of ether oxygens (including phenoxy) is 1. The summed E-state index contributed by atoms with van der Waals surface area (Å²) < 4.78 is 4.81. The van der Waals surface area contributed by atoms with E-state index < -0.39 is 6.10 Å². The lowest BCUT2D eigenvalue weighted by Gasteiger charge is -2.20. The largest absolute Gasteiger partial charge is 0.389 e. The molecule has 0 bridgehead atoms. The smallest absolute Gasteiger partial charge is 0.272 e. The van der Waals surface area contributed by atoms with Crippen LogP contribution >= 0.6 is 0 Å². The molecule has 0 spiro atoms. The number of aliphatic hydroxyl groups is 1. The van der Waals surface area contributed by atoms with Crippen LogP contribution in [0.3, 0.4) is 0 Å². The molecule has 6 nitrogen and oxygen atoms in total. The zero-order valence-corrected chi connectivity index (χ0v) is 10.9. The summed E-state index contributed by atoms with van der Waals surface area (Å²) in [5.41, 5.74) is 1.16. The molecule has 1 rings (SSSR count). The average molecular weight is 253 g/mol. The summed E-state index contributed by atoms with van der Waals surface area (Å²) in [5, 5.41) is 12.5. The van der Waals surface area contributed by atoms with Crippen molar-refractivity contribution in [3.8, 4) is 0 Å². The quantitative estimate of drug-likeness (QED) is 0.757. The van der Waals surface area contributed by atoms with E-state index in [2.05, 4.69) is 10.3 Å². The number of nitrogens with one attached hydrogen (secondary N) is 1. The van der Waals surface area contributed by atoms with Gasteiger partial charge in [-0.2, -0.15) is 0 Å². The van der Waals surface area contributed by atoms with E-state index in [4.69, 9.17) is 4.74 Å². The highest BCUT2D eigenvalue weighted by Gasteiger charge is 2.16. The Morgan fingerprint density at radius 1 is 1.67 bits per heavy atom. The van der Waals surface area contributed by atoms with Crippen LogP contribution in [0.15, 0.2) is 18.3 Å². The van der Waals surface area contributed by atoms with E-state index in [9.17, 15) is 9.90 Å². The third-order valence-electron chi connectivity index (χ3n) is 2.46. The van der Waals surface area contributed by atoms with Gasteiger partial charge in [-0.15, -0.1) is 0 Å². The number of hydrogen-bond acceptors (Lipinski definition) is 5. The molecule has 100 valence electrons. The van der Waals surface area contributed by atoms with Crippen molar-refractivity contribution in [1.29, 1.82) is 0 Å². The van der Waals surface area contributed by atoms with Gasteiger partial charge in [0.1, 0.15) is 5.69 Å². The number of pyridine rings is 1. The van der Waals surface area contributed by atoms with Crippen molar-refractivity contribution >= 4 is 11.6 Å². The molecule has 1 atom stereocenters. The summed E-state index contributed by atoms with van der Waals surface area (Å²) in [5.74, 6) is -0.234. The highest BCUT2D eigenvalue weighted by Crippen LogP contribution is 2.08. The van der Waals surface area contributed by atoms with Crippen LogP contribution in [-0.2, 0) is 4.74 Å². The Hall–Kier alpha value is -1.66. The van der Waals surface area contributed by atoms with E-state index in [1.807, 2.05) is 0 Å². The van der Waals surface area contributed by atoms with Crippen LogP contribution in [0.5, 0.6) is 0 Å². The Kier molecular flexibility index (Phi) is 5.54. The standard InChI is InChI=1S/C12H19N3O3/c1-13-9-4-5-14-11(6-9)12(17)15(2)7-10(16)8-18-3/h4-6,10,16H,7-8H2,1-3H3,(H,13,14). The number of amides is 1. The van der Waals surface area contributed by atoms with Gasteiger partial charge in [0, 0.05) is 39.6 Å². The monoisotopic (exact) mass is 253 g/mol. The molecule has 0 saturated carbocycles. The van der Waals surface area contributed by atoms with E-state index in [1.165, 1.54) is 12.0 Å². The Balaban J connectivity index is 2.67. The van der Waals surface area contributed by atoms with Crippen LogP contribution in [0.1, 0.15) is 10.5 Å². The van der Waals surface area contributed by atoms with Crippen molar-refractivity contribution in [3.05, 3.63) is 24.0 Å². The van der Waals surface area contributed by atoms with Gasteiger partial charge in [-0.05, 0) is 12.1 Å². The van der Waals surface area contributed by atoms with Crippen molar-refractivity contribution in [2.24, 2.45) is 0 Å². The molecule has 0 aliphatic heterocycles. The topological polar surface area (TPSA) is 74.7 Å². The minimum absolute atomic E-state index is 0.196. The molecule has 1 aromatic rings. The van der Waals surface area contributed by atoms with Gasteiger partial charge in [0.15, 0.2) is 0 Å². The number of likely N-dealkylation sites (N-methyl/N-ethyl adjacent to an activating group) is 1. The second kappa shape index (κ2) is 6.93. The summed E-state index contributed by atoms with van der Waals surface area (Å²) in [6, 6.07) is 3.44. The highest BCUT2D eigenvalue weighted by molar-refractivity contribution is 5.92. The molecule has 0 aliphatic rings. The molecule has 0 saturated heterocycles. The number of carbonyl (C=O) groups is 1. The number of rotatable bonds is 6. The molecule has 0 aromatic carbocycles. The molecule has 1 amide bonds. The predicted molar refractivity (Wildman–Crippen MR) is 68.6 cm³/mol. The van der Waals surface area contributed by atoms with Crippen LogP contribution in [-0.4, -0.2) is 61.4 Å². The molecule has 18 heavy (non-hydrogen) atoms. The van der Waals surface area contributed by atoms with Crippen molar-refractivity contribution in [2.75, 3.05) is 39.7 Å². The second-order valence-electron chi connectivity index (χ2n) is 3.97. The average Bonchev–Trinajstić information content (AvgIpc) is 2.38. The number of aromatic nitrogens is 1. The van der Waals surface area contributed by atoms with E-state index in [1.54, 1.807) is 32.4 Å². The third-order valence-corrected chi connectivity index (χ3v) is 2.46. The molecule has 0 aliphatic carbocycles. The summed E-state index contributed by atoms with van der Waals surface area (Å²) in [6.45, 7) is 0.403. The fraction of sp³-hybridized carbons (Fsp3) is 0.500. The fourth-order valence-corrected chi connectivity index (χ4v) is 1.54. The summed E-state index contributed by atoms with van der Waals surface area (Å²) in [6.07, 6.45) is 0.870. The lowest BCUT2D eigenvalue weighted by Crippen LogP contribution is -2.36. The Bertz CT molecular complexity index is 398. The molecular formula is C12H19N3O3. The van der Waals surface area contributed by atoms with Gasteiger partial charge in [-0.25, -0.2) is 0 Å². The van der Waals surface area contributed by atoms with Crippen LogP contribution < -0.4 is 5.32 Å². The van der Waals surface area contributed by atoms with Gasteiger partial charge >= 0.3 is 0 Å².